The van der Waals surface area contributed by atoms with Gasteiger partial charge in [-0.25, -0.2) is 8.42 Å². The summed E-state index contributed by atoms with van der Waals surface area (Å²) in [5.74, 6) is -0.0184. The van der Waals surface area contributed by atoms with E-state index in [4.69, 9.17) is 5.26 Å². The molecule has 1 aliphatic rings. The number of nitrogens with zero attached hydrogens (tertiary/aromatic N) is 2. The van der Waals surface area contributed by atoms with Crippen LogP contribution in [0.5, 0.6) is 0 Å². The largest absolute Gasteiger partial charge is 0.243 e. The summed E-state index contributed by atoms with van der Waals surface area (Å²) in [5, 5.41) is 8.97. The number of benzene rings is 1. The van der Waals surface area contributed by atoms with Gasteiger partial charge in [0.05, 0.1) is 11.0 Å². The normalized spacial score (nSPS) is 17.5. The molecule has 0 aromatic heterocycles. The Bertz CT molecular complexity index is 708. The standard InChI is InChI=1S/C17H24N2O2S/c1-11-12(2)14(4)17(15(5)13(11)3)22(20,21)19-8-6-16(10-18)7-9-19/h16H,6-9H2,1-5H3. The zero-order chi connectivity index (χ0) is 16.7. The Labute approximate surface area is 133 Å². The molecule has 2 rings (SSSR count). The minimum Gasteiger partial charge on any atom is -0.207 e. The van der Waals surface area contributed by atoms with Crippen LogP contribution in [0.15, 0.2) is 4.90 Å². The molecule has 1 heterocycles. The third-order valence-corrected chi connectivity index (χ3v) is 7.34. The quantitative estimate of drug-likeness (QED) is 0.841. The van der Waals surface area contributed by atoms with Gasteiger partial charge in [0.2, 0.25) is 10.0 Å². The van der Waals surface area contributed by atoms with Crippen LogP contribution in [0, 0.1) is 51.9 Å². The summed E-state index contributed by atoms with van der Waals surface area (Å²) in [6.45, 7) is 10.7. The maximum absolute atomic E-state index is 13.1. The summed E-state index contributed by atoms with van der Waals surface area (Å²) in [4.78, 5) is 0.462. The Morgan fingerprint density at radius 2 is 1.32 bits per heavy atom. The molecule has 1 fully saturated rings. The van der Waals surface area contributed by atoms with Crippen LogP contribution in [0.2, 0.25) is 0 Å². The molecule has 0 N–H and O–H groups in total. The van der Waals surface area contributed by atoms with Gasteiger partial charge in [-0.3, -0.25) is 0 Å². The highest BCUT2D eigenvalue weighted by Gasteiger charge is 2.32. The zero-order valence-electron chi connectivity index (χ0n) is 14.0. The van der Waals surface area contributed by atoms with Gasteiger partial charge in [0.1, 0.15) is 0 Å². The van der Waals surface area contributed by atoms with Gasteiger partial charge in [0.15, 0.2) is 0 Å². The molecular weight excluding hydrogens is 296 g/mol. The highest BCUT2D eigenvalue weighted by Crippen LogP contribution is 2.33. The Morgan fingerprint density at radius 1 is 0.909 bits per heavy atom. The van der Waals surface area contributed by atoms with Crippen molar-refractivity contribution in [3.63, 3.8) is 0 Å². The number of rotatable bonds is 2. The van der Waals surface area contributed by atoms with Gasteiger partial charge in [-0.05, 0) is 75.3 Å². The minimum atomic E-state index is -3.49. The Hall–Kier alpha value is -1.38. The molecule has 5 heteroatoms. The number of sulfonamides is 1. The first-order valence-electron chi connectivity index (χ1n) is 7.68. The van der Waals surface area contributed by atoms with E-state index in [1.165, 1.54) is 0 Å². The van der Waals surface area contributed by atoms with Crippen molar-refractivity contribution in [2.45, 2.75) is 52.4 Å². The first-order chi connectivity index (χ1) is 10.2. The predicted octanol–water partition coefficient (Wildman–Crippen LogP) is 3.15. The van der Waals surface area contributed by atoms with Gasteiger partial charge < -0.3 is 0 Å². The van der Waals surface area contributed by atoms with E-state index in [0.717, 1.165) is 27.8 Å². The van der Waals surface area contributed by atoms with Crippen molar-refractivity contribution in [2.24, 2.45) is 5.92 Å². The molecule has 1 aliphatic heterocycles. The van der Waals surface area contributed by atoms with E-state index in [2.05, 4.69) is 6.07 Å². The molecule has 0 bridgehead atoms. The SMILES string of the molecule is Cc1c(C)c(C)c(S(=O)(=O)N2CCC(C#N)CC2)c(C)c1C. The van der Waals surface area contributed by atoms with Crippen molar-refractivity contribution in [1.82, 2.24) is 4.31 Å². The molecule has 4 nitrogen and oxygen atoms in total. The lowest BCUT2D eigenvalue weighted by atomic mass is 9.95. The average molecular weight is 320 g/mol. The van der Waals surface area contributed by atoms with Crippen LogP contribution in [-0.4, -0.2) is 25.8 Å². The number of nitriles is 1. The third kappa shape index (κ3) is 2.66. The van der Waals surface area contributed by atoms with Crippen molar-refractivity contribution in [1.29, 1.82) is 5.26 Å². The van der Waals surface area contributed by atoms with E-state index in [9.17, 15) is 8.42 Å². The third-order valence-electron chi connectivity index (χ3n) is 5.17. The summed E-state index contributed by atoms with van der Waals surface area (Å²) in [7, 11) is -3.49. The predicted molar refractivity (Wildman–Crippen MR) is 87.2 cm³/mol. The molecule has 0 radical (unpaired) electrons. The fraction of sp³-hybridized carbons (Fsp3) is 0.588. The van der Waals surface area contributed by atoms with Crippen LogP contribution in [0.4, 0.5) is 0 Å². The molecule has 0 saturated carbocycles. The first kappa shape index (κ1) is 17.0. The van der Waals surface area contributed by atoms with Crippen molar-refractivity contribution < 1.29 is 8.42 Å². The molecule has 0 aliphatic carbocycles. The Kier molecular flexibility index (Phi) is 4.65. The summed E-state index contributed by atoms with van der Waals surface area (Å²) in [6, 6.07) is 2.24. The van der Waals surface area contributed by atoms with E-state index in [-0.39, 0.29) is 5.92 Å². The summed E-state index contributed by atoms with van der Waals surface area (Å²) < 4.78 is 27.7. The maximum Gasteiger partial charge on any atom is 0.243 e. The second kappa shape index (κ2) is 6.02. The van der Waals surface area contributed by atoms with Crippen LogP contribution in [-0.2, 0) is 10.0 Å². The lowest BCUT2D eigenvalue weighted by Crippen LogP contribution is -2.39. The van der Waals surface area contributed by atoms with Crippen molar-refractivity contribution in [2.75, 3.05) is 13.1 Å². The Morgan fingerprint density at radius 3 is 1.73 bits per heavy atom. The number of piperidine rings is 1. The number of hydrogen-bond acceptors (Lipinski definition) is 3. The topological polar surface area (TPSA) is 61.2 Å². The molecular formula is C17H24N2O2S. The second-order valence-corrected chi connectivity index (χ2v) is 8.14. The van der Waals surface area contributed by atoms with E-state index in [1.54, 1.807) is 4.31 Å². The van der Waals surface area contributed by atoms with Crippen LogP contribution in [0.25, 0.3) is 0 Å². The smallest absolute Gasteiger partial charge is 0.207 e. The molecule has 0 unspecified atom stereocenters. The van der Waals surface area contributed by atoms with Crippen molar-refractivity contribution >= 4 is 10.0 Å². The van der Waals surface area contributed by atoms with Crippen LogP contribution >= 0.6 is 0 Å². The van der Waals surface area contributed by atoms with Gasteiger partial charge in [-0.2, -0.15) is 9.57 Å². The average Bonchev–Trinajstić information content (AvgIpc) is 2.51. The van der Waals surface area contributed by atoms with E-state index in [1.807, 2.05) is 34.6 Å². The molecule has 120 valence electrons. The van der Waals surface area contributed by atoms with Gasteiger partial charge in [0.25, 0.3) is 0 Å². The molecule has 1 aromatic carbocycles. The maximum atomic E-state index is 13.1. The van der Waals surface area contributed by atoms with Gasteiger partial charge in [-0.1, -0.05) is 0 Å². The van der Waals surface area contributed by atoms with Gasteiger partial charge in [-0.15, -0.1) is 0 Å². The van der Waals surface area contributed by atoms with E-state index < -0.39 is 10.0 Å². The monoisotopic (exact) mass is 320 g/mol. The molecule has 1 aromatic rings. The van der Waals surface area contributed by atoms with Crippen molar-refractivity contribution in [3.8, 4) is 6.07 Å². The lowest BCUT2D eigenvalue weighted by molar-refractivity contribution is 0.309. The lowest BCUT2D eigenvalue weighted by Gasteiger charge is -2.30. The van der Waals surface area contributed by atoms with E-state index >= 15 is 0 Å². The van der Waals surface area contributed by atoms with Gasteiger partial charge >= 0.3 is 0 Å². The van der Waals surface area contributed by atoms with Crippen molar-refractivity contribution in [3.05, 3.63) is 27.8 Å². The second-order valence-electron chi connectivity index (χ2n) is 6.26. The molecule has 0 atom stereocenters. The summed E-state index contributed by atoms with van der Waals surface area (Å²) in [5.41, 5.74) is 4.96. The summed E-state index contributed by atoms with van der Waals surface area (Å²) >= 11 is 0. The van der Waals surface area contributed by atoms with Crippen LogP contribution in [0.3, 0.4) is 0 Å². The zero-order valence-corrected chi connectivity index (χ0v) is 14.8. The van der Waals surface area contributed by atoms with Crippen LogP contribution < -0.4 is 0 Å². The fourth-order valence-electron chi connectivity index (χ4n) is 3.21. The summed E-state index contributed by atoms with van der Waals surface area (Å²) in [6.07, 6.45) is 1.25. The highest BCUT2D eigenvalue weighted by molar-refractivity contribution is 7.89. The van der Waals surface area contributed by atoms with Gasteiger partial charge in [0, 0.05) is 19.0 Å². The molecule has 0 amide bonds. The Balaban J connectivity index is 2.50. The number of hydrogen-bond donors (Lipinski definition) is 0. The fourth-order valence-corrected chi connectivity index (χ4v) is 5.24. The molecule has 1 saturated heterocycles. The molecule has 22 heavy (non-hydrogen) atoms. The minimum absolute atomic E-state index is 0.0184. The molecule has 0 spiro atoms. The van der Waals surface area contributed by atoms with Crippen LogP contribution in [0.1, 0.15) is 40.7 Å². The highest BCUT2D eigenvalue weighted by atomic mass is 32.2. The van der Waals surface area contributed by atoms with E-state index in [0.29, 0.717) is 30.8 Å². The first-order valence-corrected chi connectivity index (χ1v) is 9.12.